The van der Waals surface area contributed by atoms with Crippen LogP contribution in [0.1, 0.15) is 25.3 Å². The zero-order valence-corrected chi connectivity index (χ0v) is 12.9. The molecule has 0 bridgehead atoms. The first kappa shape index (κ1) is 16.0. The fraction of sp³-hybridized carbons (Fsp3) is 0.625. The second-order valence-electron chi connectivity index (χ2n) is 5.42. The van der Waals surface area contributed by atoms with Gasteiger partial charge in [-0.2, -0.15) is 0 Å². The molecule has 0 aliphatic rings. The van der Waals surface area contributed by atoms with E-state index in [0.717, 1.165) is 26.2 Å². The number of rotatable bonds is 9. The maximum atomic E-state index is 3.43. The van der Waals surface area contributed by atoms with Gasteiger partial charge < -0.3 is 15.1 Å². The number of anilines is 1. The van der Waals surface area contributed by atoms with E-state index in [1.165, 1.54) is 24.1 Å². The lowest BCUT2D eigenvalue weighted by atomic mass is 10.2. The summed E-state index contributed by atoms with van der Waals surface area (Å²) in [5.74, 6) is 0. The van der Waals surface area contributed by atoms with Crippen LogP contribution in [0.3, 0.4) is 0 Å². The van der Waals surface area contributed by atoms with E-state index >= 15 is 0 Å². The van der Waals surface area contributed by atoms with Gasteiger partial charge in [-0.1, -0.05) is 19.1 Å². The third kappa shape index (κ3) is 6.60. The monoisotopic (exact) mass is 263 g/mol. The van der Waals surface area contributed by atoms with E-state index in [0.29, 0.717) is 0 Å². The highest BCUT2D eigenvalue weighted by Crippen LogP contribution is 2.14. The molecule has 3 nitrogen and oxygen atoms in total. The first-order valence-electron chi connectivity index (χ1n) is 7.29. The molecule has 1 aromatic carbocycles. The maximum absolute atomic E-state index is 3.43. The Bertz CT molecular complexity index is 332. The summed E-state index contributed by atoms with van der Waals surface area (Å²) in [7, 11) is 6.41. The first-order valence-corrected chi connectivity index (χ1v) is 7.29. The zero-order valence-electron chi connectivity index (χ0n) is 12.9. The van der Waals surface area contributed by atoms with Crippen LogP contribution in [-0.2, 0) is 6.54 Å². The quantitative estimate of drug-likeness (QED) is 0.691. The van der Waals surface area contributed by atoms with Gasteiger partial charge in [0.1, 0.15) is 0 Å². The van der Waals surface area contributed by atoms with Crippen molar-refractivity contribution in [1.82, 2.24) is 10.2 Å². The molecule has 19 heavy (non-hydrogen) atoms. The van der Waals surface area contributed by atoms with E-state index in [4.69, 9.17) is 0 Å². The summed E-state index contributed by atoms with van der Waals surface area (Å²) >= 11 is 0. The summed E-state index contributed by atoms with van der Waals surface area (Å²) in [4.78, 5) is 4.56. The van der Waals surface area contributed by atoms with E-state index in [2.05, 4.69) is 67.4 Å². The molecule has 0 unspecified atom stereocenters. The van der Waals surface area contributed by atoms with Crippen molar-refractivity contribution in [2.24, 2.45) is 0 Å². The molecule has 1 N–H and O–H groups in total. The van der Waals surface area contributed by atoms with Crippen molar-refractivity contribution in [3.05, 3.63) is 29.8 Å². The molecule has 0 spiro atoms. The molecule has 1 rings (SSSR count). The summed E-state index contributed by atoms with van der Waals surface area (Å²) < 4.78 is 0. The predicted molar refractivity (Wildman–Crippen MR) is 84.9 cm³/mol. The van der Waals surface area contributed by atoms with Gasteiger partial charge in [-0.15, -0.1) is 0 Å². The van der Waals surface area contributed by atoms with Crippen molar-refractivity contribution in [2.45, 2.75) is 26.3 Å². The average molecular weight is 263 g/mol. The molecule has 0 saturated heterocycles. The fourth-order valence-corrected chi connectivity index (χ4v) is 2.03. The number of benzene rings is 1. The highest BCUT2D eigenvalue weighted by Gasteiger charge is 2.01. The standard InChI is InChI=1S/C16H29N3/c1-5-11-17-14-15-7-9-16(10-8-15)19(4)13-6-12-18(2)3/h7-10,17H,5-6,11-14H2,1-4H3. The van der Waals surface area contributed by atoms with Gasteiger partial charge in [0.15, 0.2) is 0 Å². The Kier molecular flexibility index (Phi) is 7.53. The normalized spacial score (nSPS) is 11.0. The average Bonchev–Trinajstić information content (AvgIpc) is 2.39. The van der Waals surface area contributed by atoms with Crippen LogP contribution in [0.5, 0.6) is 0 Å². The molecule has 108 valence electrons. The van der Waals surface area contributed by atoms with Crippen LogP contribution in [0, 0.1) is 0 Å². The summed E-state index contributed by atoms with van der Waals surface area (Å²) in [6, 6.07) is 8.89. The molecule has 1 aromatic rings. The van der Waals surface area contributed by atoms with Crippen molar-refractivity contribution in [3.8, 4) is 0 Å². The van der Waals surface area contributed by atoms with Gasteiger partial charge in [0.2, 0.25) is 0 Å². The molecule has 0 aliphatic heterocycles. The van der Waals surface area contributed by atoms with Crippen molar-refractivity contribution in [2.75, 3.05) is 45.7 Å². The third-order valence-corrected chi connectivity index (χ3v) is 3.23. The Hall–Kier alpha value is -1.06. The van der Waals surface area contributed by atoms with E-state index in [1.807, 2.05) is 0 Å². The molecule has 0 saturated carbocycles. The minimum Gasteiger partial charge on any atom is -0.375 e. The van der Waals surface area contributed by atoms with Crippen LogP contribution < -0.4 is 10.2 Å². The molecule has 0 amide bonds. The summed E-state index contributed by atoms with van der Waals surface area (Å²) in [5.41, 5.74) is 2.66. The van der Waals surface area contributed by atoms with Gasteiger partial charge >= 0.3 is 0 Å². The lowest BCUT2D eigenvalue weighted by Gasteiger charge is -2.20. The molecule has 0 atom stereocenters. The van der Waals surface area contributed by atoms with Crippen LogP contribution in [0.15, 0.2) is 24.3 Å². The number of hydrogen-bond donors (Lipinski definition) is 1. The van der Waals surface area contributed by atoms with Crippen LogP contribution in [0.4, 0.5) is 5.69 Å². The van der Waals surface area contributed by atoms with Gasteiger partial charge in [-0.25, -0.2) is 0 Å². The minimum atomic E-state index is 0.971. The number of hydrogen-bond acceptors (Lipinski definition) is 3. The summed E-state index contributed by atoms with van der Waals surface area (Å²) in [6.45, 7) is 6.50. The predicted octanol–water partition coefficient (Wildman–Crippen LogP) is 2.57. The smallest absolute Gasteiger partial charge is 0.0363 e. The molecule has 0 fully saturated rings. The van der Waals surface area contributed by atoms with E-state index in [-0.39, 0.29) is 0 Å². The van der Waals surface area contributed by atoms with Gasteiger partial charge in [0, 0.05) is 25.8 Å². The molecule has 0 heterocycles. The Morgan fingerprint density at radius 1 is 1.00 bits per heavy atom. The maximum Gasteiger partial charge on any atom is 0.0363 e. The number of nitrogens with one attached hydrogen (secondary N) is 1. The summed E-state index contributed by atoms with van der Waals surface area (Å²) in [6.07, 6.45) is 2.38. The van der Waals surface area contributed by atoms with E-state index in [1.54, 1.807) is 0 Å². The minimum absolute atomic E-state index is 0.971. The van der Waals surface area contributed by atoms with Crippen molar-refractivity contribution in [1.29, 1.82) is 0 Å². The second-order valence-corrected chi connectivity index (χ2v) is 5.42. The Morgan fingerprint density at radius 2 is 1.68 bits per heavy atom. The third-order valence-electron chi connectivity index (χ3n) is 3.23. The second kappa shape index (κ2) is 8.94. The van der Waals surface area contributed by atoms with E-state index in [9.17, 15) is 0 Å². The SMILES string of the molecule is CCCNCc1ccc(N(C)CCCN(C)C)cc1. The molecule has 0 aromatic heterocycles. The molecular formula is C16H29N3. The Labute approximate surface area is 118 Å². The highest BCUT2D eigenvalue weighted by atomic mass is 15.1. The number of nitrogens with zero attached hydrogens (tertiary/aromatic N) is 2. The lowest BCUT2D eigenvalue weighted by Crippen LogP contribution is -2.23. The lowest BCUT2D eigenvalue weighted by molar-refractivity contribution is 0.401. The van der Waals surface area contributed by atoms with Crippen molar-refractivity contribution < 1.29 is 0 Å². The van der Waals surface area contributed by atoms with Crippen molar-refractivity contribution in [3.63, 3.8) is 0 Å². The largest absolute Gasteiger partial charge is 0.375 e. The van der Waals surface area contributed by atoms with Crippen LogP contribution >= 0.6 is 0 Å². The molecule has 3 heteroatoms. The highest BCUT2D eigenvalue weighted by molar-refractivity contribution is 5.46. The van der Waals surface area contributed by atoms with Crippen LogP contribution in [0.2, 0.25) is 0 Å². The van der Waals surface area contributed by atoms with Crippen LogP contribution in [0.25, 0.3) is 0 Å². The van der Waals surface area contributed by atoms with Gasteiger partial charge in [-0.3, -0.25) is 0 Å². The van der Waals surface area contributed by atoms with Crippen LogP contribution in [-0.4, -0.2) is 45.7 Å². The molecule has 0 radical (unpaired) electrons. The van der Waals surface area contributed by atoms with Gasteiger partial charge in [0.25, 0.3) is 0 Å². The fourth-order valence-electron chi connectivity index (χ4n) is 2.03. The first-order chi connectivity index (χ1) is 9.13. The van der Waals surface area contributed by atoms with Gasteiger partial charge in [-0.05, 0) is 57.7 Å². The van der Waals surface area contributed by atoms with Crippen molar-refractivity contribution >= 4 is 5.69 Å². The summed E-state index contributed by atoms with van der Waals surface area (Å²) in [5, 5.41) is 3.43. The molecular weight excluding hydrogens is 234 g/mol. The topological polar surface area (TPSA) is 18.5 Å². The van der Waals surface area contributed by atoms with Gasteiger partial charge in [0.05, 0.1) is 0 Å². The molecule has 0 aliphatic carbocycles. The van der Waals surface area contributed by atoms with E-state index < -0.39 is 0 Å². The Morgan fingerprint density at radius 3 is 2.26 bits per heavy atom. The zero-order chi connectivity index (χ0) is 14.1. The Balaban J connectivity index is 2.37.